The number of unbranched alkanes of at least 4 members (excludes halogenated alkanes) is 4. The van der Waals surface area contributed by atoms with Gasteiger partial charge in [0, 0.05) is 0 Å². The maximum Gasteiger partial charge on any atom is 0.0868 e. The van der Waals surface area contributed by atoms with Gasteiger partial charge in [-0.25, -0.2) is 0 Å². The van der Waals surface area contributed by atoms with Crippen LogP contribution < -0.4 is 0 Å². The fourth-order valence-corrected chi connectivity index (χ4v) is 2.32. The van der Waals surface area contributed by atoms with Crippen molar-refractivity contribution < 1.29 is 5.11 Å². The highest BCUT2D eigenvalue weighted by molar-refractivity contribution is 5.26. The Morgan fingerprint density at radius 2 is 1.56 bits per heavy atom. The van der Waals surface area contributed by atoms with Crippen molar-refractivity contribution in [3.8, 4) is 0 Å². The van der Waals surface area contributed by atoms with Crippen molar-refractivity contribution in [2.45, 2.75) is 71.3 Å². The topological polar surface area (TPSA) is 20.2 Å². The molecule has 0 spiro atoms. The highest BCUT2D eigenvalue weighted by atomic mass is 16.3. The summed E-state index contributed by atoms with van der Waals surface area (Å²) in [5.41, 5.74) is 1.71. The lowest BCUT2D eigenvalue weighted by Crippen LogP contribution is -2.20. The molecule has 0 aliphatic rings. The van der Waals surface area contributed by atoms with Crippen LogP contribution in [-0.2, 0) is 12.0 Å². The Morgan fingerprint density at radius 3 is 2.11 bits per heavy atom. The molecule has 1 rings (SSSR count). The zero-order chi connectivity index (χ0) is 13.4. The highest BCUT2D eigenvalue weighted by Gasteiger charge is 2.21. The van der Waals surface area contributed by atoms with Gasteiger partial charge in [-0.05, 0) is 30.9 Å². The monoisotopic (exact) mass is 248 g/mol. The van der Waals surface area contributed by atoms with Crippen molar-refractivity contribution in [3.05, 3.63) is 35.4 Å². The SMILES string of the molecule is CCCCCCCC(C)(O)c1ccc(CC)cc1. The molecule has 0 amide bonds. The van der Waals surface area contributed by atoms with Crippen LogP contribution in [0, 0.1) is 0 Å². The third-order valence-corrected chi connectivity index (χ3v) is 3.75. The van der Waals surface area contributed by atoms with Gasteiger partial charge < -0.3 is 5.11 Å². The van der Waals surface area contributed by atoms with Crippen LogP contribution in [0.1, 0.15) is 70.4 Å². The quantitative estimate of drug-likeness (QED) is 0.654. The molecular formula is C17H28O. The molecule has 0 fully saturated rings. The Labute approximate surface area is 112 Å². The minimum Gasteiger partial charge on any atom is -0.385 e. The van der Waals surface area contributed by atoms with E-state index in [0.29, 0.717) is 0 Å². The second-order valence-electron chi connectivity index (χ2n) is 5.49. The predicted molar refractivity (Wildman–Crippen MR) is 78.8 cm³/mol. The van der Waals surface area contributed by atoms with Gasteiger partial charge in [-0.2, -0.15) is 0 Å². The van der Waals surface area contributed by atoms with E-state index in [1.807, 2.05) is 6.92 Å². The summed E-state index contributed by atoms with van der Waals surface area (Å²) in [5.74, 6) is 0. The summed E-state index contributed by atoms with van der Waals surface area (Å²) in [6.45, 7) is 6.32. The number of benzene rings is 1. The third-order valence-electron chi connectivity index (χ3n) is 3.75. The van der Waals surface area contributed by atoms with Crippen molar-refractivity contribution >= 4 is 0 Å². The van der Waals surface area contributed by atoms with E-state index < -0.39 is 5.60 Å². The number of aryl methyl sites for hydroxylation is 1. The Balaban J connectivity index is 2.45. The Hall–Kier alpha value is -0.820. The van der Waals surface area contributed by atoms with Crippen LogP contribution in [0.4, 0.5) is 0 Å². The van der Waals surface area contributed by atoms with Crippen LogP contribution >= 0.6 is 0 Å². The molecular weight excluding hydrogens is 220 g/mol. The summed E-state index contributed by atoms with van der Waals surface area (Å²) in [6.07, 6.45) is 8.14. The highest BCUT2D eigenvalue weighted by Crippen LogP contribution is 2.27. The van der Waals surface area contributed by atoms with Crippen LogP contribution in [0.15, 0.2) is 24.3 Å². The number of rotatable bonds is 8. The number of hydrogen-bond donors (Lipinski definition) is 1. The minimum atomic E-state index is -0.668. The standard InChI is InChI=1S/C17H28O/c1-4-6-7-8-9-14-17(3,18)16-12-10-15(5-2)11-13-16/h10-13,18H,4-9,14H2,1-3H3. The van der Waals surface area contributed by atoms with E-state index in [9.17, 15) is 5.11 Å². The van der Waals surface area contributed by atoms with Gasteiger partial charge in [0.15, 0.2) is 0 Å². The smallest absolute Gasteiger partial charge is 0.0868 e. The first kappa shape index (κ1) is 15.2. The molecule has 0 heterocycles. The van der Waals surface area contributed by atoms with Gasteiger partial charge in [0.1, 0.15) is 0 Å². The Morgan fingerprint density at radius 1 is 0.944 bits per heavy atom. The maximum absolute atomic E-state index is 10.5. The molecule has 0 aromatic heterocycles. The van der Waals surface area contributed by atoms with E-state index in [1.54, 1.807) is 0 Å². The van der Waals surface area contributed by atoms with Crippen molar-refractivity contribution in [2.75, 3.05) is 0 Å². The molecule has 0 radical (unpaired) electrons. The summed E-state index contributed by atoms with van der Waals surface area (Å²) < 4.78 is 0. The molecule has 1 atom stereocenters. The largest absolute Gasteiger partial charge is 0.385 e. The molecule has 1 N–H and O–H groups in total. The summed E-state index contributed by atoms with van der Waals surface area (Å²) in [7, 11) is 0. The summed E-state index contributed by atoms with van der Waals surface area (Å²) in [4.78, 5) is 0. The summed E-state index contributed by atoms with van der Waals surface area (Å²) in [6, 6.07) is 8.40. The first-order valence-corrected chi connectivity index (χ1v) is 7.42. The van der Waals surface area contributed by atoms with Gasteiger partial charge in [-0.3, -0.25) is 0 Å². The molecule has 18 heavy (non-hydrogen) atoms. The number of aliphatic hydroxyl groups is 1. The number of hydrogen-bond acceptors (Lipinski definition) is 1. The third kappa shape index (κ3) is 4.81. The Bertz CT molecular complexity index is 324. The van der Waals surface area contributed by atoms with Crippen molar-refractivity contribution in [1.82, 2.24) is 0 Å². The van der Waals surface area contributed by atoms with Gasteiger partial charge in [0.25, 0.3) is 0 Å². The van der Waals surface area contributed by atoms with Crippen LogP contribution in [0.25, 0.3) is 0 Å². The fraction of sp³-hybridized carbons (Fsp3) is 0.647. The van der Waals surface area contributed by atoms with Gasteiger partial charge in [-0.1, -0.05) is 70.2 Å². The molecule has 0 bridgehead atoms. The van der Waals surface area contributed by atoms with E-state index >= 15 is 0 Å². The lowest BCUT2D eigenvalue weighted by molar-refractivity contribution is 0.0448. The van der Waals surface area contributed by atoms with E-state index in [0.717, 1.165) is 24.8 Å². The maximum atomic E-state index is 10.5. The van der Waals surface area contributed by atoms with Crippen LogP contribution in [0.3, 0.4) is 0 Å². The van der Waals surface area contributed by atoms with E-state index in [2.05, 4.69) is 38.1 Å². The summed E-state index contributed by atoms with van der Waals surface area (Å²) in [5, 5.41) is 10.5. The minimum absolute atomic E-state index is 0.668. The van der Waals surface area contributed by atoms with Crippen molar-refractivity contribution in [2.24, 2.45) is 0 Å². The van der Waals surface area contributed by atoms with Crippen molar-refractivity contribution in [1.29, 1.82) is 0 Å². The second-order valence-corrected chi connectivity index (χ2v) is 5.49. The van der Waals surface area contributed by atoms with E-state index in [-0.39, 0.29) is 0 Å². The zero-order valence-corrected chi connectivity index (χ0v) is 12.2. The molecule has 0 saturated heterocycles. The van der Waals surface area contributed by atoms with Crippen molar-refractivity contribution in [3.63, 3.8) is 0 Å². The first-order valence-electron chi connectivity index (χ1n) is 7.42. The molecule has 0 aliphatic carbocycles. The lowest BCUT2D eigenvalue weighted by Gasteiger charge is -2.24. The van der Waals surface area contributed by atoms with Crippen LogP contribution in [0.2, 0.25) is 0 Å². The normalized spacial score (nSPS) is 14.4. The molecule has 102 valence electrons. The van der Waals surface area contributed by atoms with E-state index in [1.165, 1.54) is 31.2 Å². The first-order chi connectivity index (χ1) is 8.60. The second kappa shape index (κ2) is 7.58. The van der Waals surface area contributed by atoms with Gasteiger partial charge >= 0.3 is 0 Å². The zero-order valence-electron chi connectivity index (χ0n) is 12.2. The van der Waals surface area contributed by atoms with Crippen LogP contribution in [-0.4, -0.2) is 5.11 Å². The van der Waals surface area contributed by atoms with E-state index in [4.69, 9.17) is 0 Å². The average molecular weight is 248 g/mol. The molecule has 1 aromatic carbocycles. The molecule has 0 aliphatic heterocycles. The molecule has 1 nitrogen and oxygen atoms in total. The average Bonchev–Trinajstić information content (AvgIpc) is 2.38. The van der Waals surface area contributed by atoms with Gasteiger partial charge in [0.2, 0.25) is 0 Å². The predicted octanol–water partition coefficient (Wildman–Crippen LogP) is 4.82. The summed E-state index contributed by atoms with van der Waals surface area (Å²) >= 11 is 0. The fourth-order valence-electron chi connectivity index (χ4n) is 2.32. The van der Waals surface area contributed by atoms with Gasteiger partial charge in [-0.15, -0.1) is 0 Å². The van der Waals surface area contributed by atoms with Gasteiger partial charge in [0.05, 0.1) is 5.60 Å². The molecule has 1 unspecified atom stereocenters. The molecule has 0 saturated carbocycles. The molecule has 1 aromatic rings. The van der Waals surface area contributed by atoms with Crippen LogP contribution in [0.5, 0.6) is 0 Å². The lowest BCUT2D eigenvalue weighted by atomic mass is 9.89. The molecule has 1 heteroatoms. The Kier molecular flexibility index (Phi) is 6.42.